The van der Waals surface area contributed by atoms with Crippen molar-refractivity contribution < 1.29 is 14.3 Å². The molecule has 0 unspecified atom stereocenters. The van der Waals surface area contributed by atoms with Crippen molar-refractivity contribution in [1.82, 2.24) is 14.7 Å². The van der Waals surface area contributed by atoms with Gasteiger partial charge in [0.05, 0.1) is 19.2 Å². The highest BCUT2D eigenvalue weighted by molar-refractivity contribution is 5.77. The Labute approximate surface area is 157 Å². The summed E-state index contributed by atoms with van der Waals surface area (Å²) in [6.07, 6.45) is 1.35. The lowest BCUT2D eigenvalue weighted by Crippen LogP contribution is -2.36. The van der Waals surface area contributed by atoms with Crippen LogP contribution in [-0.2, 0) is 27.3 Å². The number of ether oxygens (including phenoxy) is 1. The van der Waals surface area contributed by atoms with Gasteiger partial charge in [-0.05, 0) is 37.7 Å². The van der Waals surface area contributed by atoms with Gasteiger partial charge in [0.15, 0.2) is 0 Å². The Balaban J connectivity index is 2.74. The number of amides is 1. The van der Waals surface area contributed by atoms with E-state index >= 15 is 0 Å². The molecule has 1 rings (SSSR count). The molecule has 1 aromatic rings. The number of esters is 1. The average molecular weight is 366 g/mol. The lowest BCUT2D eigenvalue weighted by molar-refractivity contribution is -0.141. The molecule has 0 saturated carbocycles. The molecule has 148 valence electrons. The second kappa shape index (κ2) is 10.3. The Morgan fingerprint density at radius 3 is 2.31 bits per heavy atom. The van der Waals surface area contributed by atoms with E-state index in [0.29, 0.717) is 37.8 Å². The number of nitrogens with zero attached hydrogens (tertiary/aromatic N) is 3. The Hall–Kier alpha value is -1.85. The molecule has 0 atom stereocenters. The van der Waals surface area contributed by atoms with Crippen molar-refractivity contribution in [3.05, 3.63) is 17.0 Å². The molecule has 0 radical (unpaired) electrons. The zero-order valence-corrected chi connectivity index (χ0v) is 17.5. The fourth-order valence-corrected chi connectivity index (χ4v) is 3.10. The minimum Gasteiger partial charge on any atom is -0.469 e. The maximum absolute atomic E-state index is 12.7. The van der Waals surface area contributed by atoms with Crippen LogP contribution in [-0.4, -0.2) is 46.8 Å². The van der Waals surface area contributed by atoms with Gasteiger partial charge in [-0.3, -0.25) is 14.3 Å². The third-order valence-electron chi connectivity index (χ3n) is 4.41. The first kappa shape index (κ1) is 22.2. The van der Waals surface area contributed by atoms with Gasteiger partial charge in [0.25, 0.3) is 0 Å². The number of carbonyl (C=O) groups is 2. The van der Waals surface area contributed by atoms with E-state index < -0.39 is 0 Å². The summed E-state index contributed by atoms with van der Waals surface area (Å²) in [5, 5.41) is 4.62. The molecular weight excluding hydrogens is 330 g/mol. The molecule has 1 aromatic heterocycles. The molecule has 0 fully saturated rings. The van der Waals surface area contributed by atoms with Crippen LogP contribution in [0.2, 0.25) is 0 Å². The second-order valence-electron chi connectivity index (χ2n) is 7.79. The summed E-state index contributed by atoms with van der Waals surface area (Å²) in [4.78, 5) is 25.9. The summed E-state index contributed by atoms with van der Waals surface area (Å²) in [7, 11) is 1.37. The van der Waals surface area contributed by atoms with E-state index in [4.69, 9.17) is 4.74 Å². The van der Waals surface area contributed by atoms with Gasteiger partial charge in [0.2, 0.25) is 5.91 Å². The molecule has 0 aliphatic heterocycles. The summed E-state index contributed by atoms with van der Waals surface area (Å²) in [5.41, 5.74) is 3.31. The Morgan fingerprint density at radius 2 is 1.77 bits per heavy atom. The number of aromatic nitrogens is 2. The van der Waals surface area contributed by atoms with Gasteiger partial charge in [0, 0.05) is 31.7 Å². The number of rotatable bonds is 10. The van der Waals surface area contributed by atoms with Crippen LogP contribution in [0.25, 0.3) is 0 Å². The predicted octanol–water partition coefficient (Wildman–Crippen LogP) is 3.14. The highest BCUT2D eigenvalue weighted by atomic mass is 16.5. The van der Waals surface area contributed by atoms with Crippen LogP contribution in [0.5, 0.6) is 0 Å². The number of aryl methyl sites for hydroxylation is 1. The summed E-state index contributed by atoms with van der Waals surface area (Å²) in [5.74, 6) is 0.683. The number of methoxy groups -OCH3 is 1. The molecule has 0 aromatic carbocycles. The summed E-state index contributed by atoms with van der Waals surface area (Å²) in [6, 6.07) is 0. The average Bonchev–Trinajstić information content (AvgIpc) is 2.81. The van der Waals surface area contributed by atoms with Gasteiger partial charge in [-0.25, -0.2) is 0 Å². The Kier molecular flexibility index (Phi) is 8.82. The standard InChI is InChI=1S/C20H35N3O3/c1-14(2)12-22(11-10-20(25)26-7)19(24)9-8-18-16(5)21-23(17(18)6)13-15(3)4/h14-15H,8-13H2,1-7H3. The maximum atomic E-state index is 12.7. The quantitative estimate of drug-likeness (QED) is 0.598. The molecule has 26 heavy (non-hydrogen) atoms. The summed E-state index contributed by atoms with van der Waals surface area (Å²) >= 11 is 0. The van der Waals surface area contributed by atoms with Crippen LogP contribution in [0.15, 0.2) is 0 Å². The van der Waals surface area contributed by atoms with E-state index in [1.54, 1.807) is 4.90 Å². The van der Waals surface area contributed by atoms with Crippen molar-refractivity contribution in [2.75, 3.05) is 20.2 Å². The van der Waals surface area contributed by atoms with Crippen LogP contribution in [0, 0.1) is 25.7 Å². The highest BCUT2D eigenvalue weighted by Gasteiger charge is 2.19. The van der Waals surface area contributed by atoms with Gasteiger partial charge in [-0.15, -0.1) is 0 Å². The van der Waals surface area contributed by atoms with Crippen LogP contribution < -0.4 is 0 Å². The smallest absolute Gasteiger partial charge is 0.307 e. The monoisotopic (exact) mass is 365 g/mol. The lowest BCUT2D eigenvalue weighted by Gasteiger charge is -2.24. The molecule has 6 heteroatoms. The molecule has 1 amide bonds. The van der Waals surface area contributed by atoms with Crippen molar-refractivity contribution in [2.24, 2.45) is 11.8 Å². The first-order valence-electron chi connectivity index (χ1n) is 9.53. The third kappa shape index (κ3) is 6.81. The Morgan fingerprint density at radius 1 is 1.12 bits per heavy atom. The van der Waals surface area contributed by atoms with E-state index in [9.17, 15) is 9.59 Å². The van der Waals surface area contributed by atoms with E-state index in [0.717, 1.165) is 23.5 Å². The zero-order chi connectivity index (χ0) is 19.9. The highest BCUT2D eigenvalue weighted by Crippen LogP contribution is 2.17. The Bertz CT molecular complexity index is 606. The first-order chi connectivity index (χ1) is 12.1. The number of hydrogen-bond acceptors (Lipinski definition) is 4. The fourth-order valence-electron chi connectivity index (χ4n) is 3.10. The summed E-state index contributed by atoms with van der Waals surface area (Å²) in [6.45, 7) is 14.5. The van der Waals surface area contributed by atoms with Gasteiger partial charge < -0.3 is 9.64 Å². The normalized spacial score (nSPS) is 11.3. The first-order valence-corrected chi connectivity index (χ1v) is 9.53. The number of hydrogen-bond donors (Lipinski definition) is 0. The van der Waals surface area contributed by atoms with Crippen LogP contribution in [0.4, 0.5) is 0 Å². The molecule has 0 aliphatic carbocycles. The second-order valence-corrected chi connectivity index (χ2v) is 7.79. The van der Waals surface area contributed by atoms with E-state index in [1.165, 1.54) is 7.11 Å². The molecule has 0 aliphatic rings. The van der Waals surface area contributed by atoms with Crippen LogP contribution >= 0.6 is 0 Å². The molecule has 0 bridgehead atoms. The predicted molar refractivity (Wildman–Crippen MR) is 103 cm³/mol. The molecule has 6 nitrogen and oxygen atoms in total. The van der Waals surface area contributed by atoms with Crippen molar-refractivity contribution in [1.29, 1.82) is 0 Å². The molecule has 0 spiro atoms. The van der Waals surface area contributed by atoms with Crippen LogP contribution in [0.1, 0.15) is 57.5 Å². The maximum Gasteiger partial charge on any atom is 0.307 e. The lowest BCUT2D eigenvalue weighted by atomic mass is 10.1. The molecule has 1 heterocycles. The third-order valence-corrected chi connectivity index (χ3v) is 4.41. The largest absolute Gasteiger partial charge is 0.469 e. The SMILES string of the molecule is COC(=O)CCN(CC(C)C)C(=O)CCc1c(C)nn(CC(C)C)c1C. The van der Waals surface area contributed by atoms with Gasteiger partial charge in [-0.1, -0.05) is 27.7 Å². The van der Waals surface area contributed by atoms with Gasteiger partial charge in [0.1, 0.15) is 0 Å². The number of carbonyl (C=O) groups excluding carboxylic acids is 2. The topological polar surface area (TPSA) is 64.4 Å². The fraction of sp³-hybridized carbons (Fsp3) is 0.750. The van der Waals surface area contributed by atoms with Gasteiger partial charge >= 0.3 is 5.97 Å². The van der Waals surface area contributed by atoms with E-state index in [-0.39, 0.29) is 18.3 Å². The van der Waals surface area contributed by atoms with Crippen molar-refractivity contribution in [3.63, 3.8) is 0 Å². The summed E-state index contributed by atoms with van der Waals surface area (Å²) < 4.78 is 6.74. The van der Waals surface area contributed by atoms with E-state index in [2.05, 4.69) is 39.7 Å². The molecule has 0 N–H and O–H groups in total. The molecular formula is C20H35N3O3. The zero-order valence-electron chi connectivity index (χ0n) is 17.5. The minimum atomic E-state index is -0.284. The van der Waals surface area contributed by atoms with Crippen molar-refractivity contribution in [2.45, 2.75) is 67.3 Å². The van der Waals surface area contributed by atoms with Crippen molar-refractivity contribution >= 4 is 11.9 Å². The van der Waals surface area contributed by atoms with Gasteiger partial charge in [-0.2, -0.15) is 5.10 Å². The minimum absolute atomic E-state index is 0.0815. The van der Waals surface area contributed by atoms with Crippen molar-refractivity contribution in [3.8, 4) is 0 Å². The molecule has 0 saturated heterocycles. The van der Waals surface area contributed by atoms with E-state index in [1.807, 2.05) is 11.6 Å². The van der Waals surface area contributed by atoms with Crippen LogP contribution in [0.3, 0.4) is 0 Å².